The van der Waals surface area contributed by atoms with E-state index in [0.29, 0.717) is 0 Å². The summed E-state index contributed by atoms with van der Waals surface area (Å²) in [5, 5.41) is 28.9. The Balaban J connectivity index is 2.24. The van der Waals surface area contributed by atoms with Crippen LogP contribution in [0.5, 0.6) is 5.75 Å². The molecular formula is C13H16O4. The zero-order chi connectivity index (χ0) is 12.4. The van der Waals surface area contributed by atoms with Crippen LogP contribution >= 0.6 is 0 Å². The van der Waals surface area contributed by atoms with E-state index in [1.54, 1.807) is 25.3 Å². The predicted octanol–water partition coefficient (Wildman–Crippen LogP) is 0.431. The minimum atomic E-state index is -1.15. The minimum Gasteiger partial charge on any atom is -0.497 e. The molecule has 1 aromatic carbocycles. The van der Waals surface area contributed by atoms with Gasteiger partial charge in [-0.05, 0) is 17.7 Å². The number of ether oxygens (including phenoxy) is 1. The highest BCUT2D eigenvalue weighted by Crippen LogP contribution is 2.29. The number of aliphatic hydroxyl groups excluding tert-OH is 3. The van der Waals surface area contributed by atoms with Crippen molar-refractivity contribution in [3.63, 3.8) is 0 Å². The molecular weight excluding hydrogens is 220 g/mol. The molecule has 0 bridgehead atoms. The lowest BCUT2D eigenvalue weighted by molar-refractivity contribution is -0.0530. The number of hydrogen-bond acceptors (Lipinski definition) is 4. The quantitative estimate of drug-likeness (QED) is 0.651. The maximum absolute atomic E-state index is 9.90. The largest absolute Gasteiger partial charge is 0.497 e. The molecule has 1 aliphatic carbocycles. The van der Waals surface area contributed by atoms with Gasteiger partial charge in [0.15, 0.2) is 0 Å². The van der Waals surface area contributed by atoms with E-state index in [9.17, 15) is 15.3 Å². The Labute approximate surface area is 99.8 Å². The summed E-state index contributed by atoms with van der Waals surface area (Å²) >= 11 is 0. The molecule has 4 nitrogen and oxygen atoms in total. The fraction of sp³-hybridized carbons (Fsp3) is 0.385. The summed E-state index contributed by atoms with van der Waals surface area (Å²) < 4.78 is 5.05. The van der Waals surface area contributed by atoms with Gasteiger partial charge in [-0.15, -0.1) is 0 Å². The van der Waals surface area contributed by atoms with E-state index in [2.05, 4.69) is 0 Å². The average Bonchev–Trinajstić information content (AvgIpc) is 2.36. The number of aliphatic hydroxyl groups is 3. The van der Waals surface area contributed by atoms with Crippen molar-refractivity contribution in [3.8, 4) is 5.75 Å². The lowest BCUT2D eigenvalue weighted by atomic mass is 9.84. The number of methoxy groups -OCH3 is 1. The maximum Gasteiger partial charge on any atom is 0.118 e. The molecule has 0 aromatic heterocycles. The van der Waals surface area contributed by atoms with Crippen LogP contribution in [0.25, 0.3) is 0 Å². The van der Waals surface area contributed by atoms with Gasteiger partial charge >= 0.3 is 0 Å². The highest BCUT2D eigenvalue weighted by molar-refractivity contribution is 5.33. The van der Waals surface area contributed by atoms with Gasteiger partial charge in [0.1, 0.15) is 18.0 Å². The summed E-state index contributed by atoms with van der Waals surface area (Å²) in [5.74, 6) is 0.433. The molecule has 0 radical (unpaired) electrons. The minimum absolute atomic E-state index is 0.306. The smallest absolute Gasteiger partial charge is 0.118 e. The first-order valence-corrected chi connectivity index (χ1v) is 5.50. The fourth-order valence-corrected chi connectivity index (χ4v) is 2.01. The first kappa shape index (κ1) is 12.1. The molecule has 0 spiro atoms. The van der Waals surface area contributed by atoms with Crippen molar-refractivity contribution in [2.75, 3.05) is 7.11 Å². The Morgan fingerprint density at radius 1 is 0.941 bits per heavy atom. The Kier molecular flexibility index (Phi) is 3.47. The van der Waals surface area contributed by atoms with Crippen molar-refractivity contribution in [1.29, 1.82) is 0 Å². The second kappa shape index (κ2) is 4.87. The molecule has 0 amide bonds. The normalized spacial score (nSPS) is 32.5. The molecule has 0 heterocycles. The third-order valence-electron chi connectivity index (χ3n) is 3.08. The van der Waals surface area contributed by atoms with E-state index in [4.69, 9.17) is 4.74 Å². The van der Waals surface area contributed by atoms with E-state index in [1.165, 1.54) is 6.08 Å². The van der Waals surface area contributed by atoms with Crippen molar-refractivity contribution >= 4 is 0 Å². The van der Waals surface area contributed by atoms with Crippen molar-refractivity contribution in [2.45, 2.75) is 24.2 Å². The SMILES string of the molecule is COc1ccc([C@@H]2C=C[C@H](O)[C@@H](O)[C@@H]2O)cc1. The zero-order valence-corrected chi connectivity index (χ0v) is 9.52. The Morgan fingerprint density at radius 2 is 1.59 bits per heavy atom. The van der Waals surface area contributed by atoms with Gasteiger partial charge in [-0.25, -0.2) is 0 Å². The van der Waals surface area contributed by atoms with Crippen LogP contribution in [0.1, 0.15) is 11.5 Å². The van der Waals surface area contributed by atoms with Crippen LogP contribution in [0, 0.1) is 0 Å². The van der Waals surface area contributed by atoms with E-state index in [1.807, 2.05) is 12.1 Å². The van der Waals surface area contributed by atoms with Crippen LogP contribution in [0.4, 0.5) is 0 Å². The number of rotatable bonds is 2. The molecule has 1 aliphatic rings. The monoisotopic (exact) mass is 236 g/mol. The predicted molar refractivity (Wildman–Crippen MR) is 62.9 cm³/mol. The van der Waals surface area contributed by atoms with E-state index in [-0.39, 0.29) is 5.92 Å². The molecule has 0 aliphatic heterocycles. The summed E-state index contributed by atoms with van der Waals surface area (Å²) in [6, 6.07) is 7.27. The molecule has 2 rings (SSSR count). The van der Waals surface area contributed by atoms with Crippen molar-refractivity contribution in [1.82, 2.24) is 0 Å². The first-order valence-electron chi connectivity index (χ1n) is 5.50. The lowest BCUT2D eigenvalue weighted by Crippen LogP contribution is -2.42. The molecule has 92 valence electrons. The zero-order valence-electron chi connectivity index (χ0n) is 9.52. The van der Waals surface area contributed by atoms with Gasteiger partial charge in [-0.3, -0.25) is 0 Å². The standard InChI is InChI=1S/C13H16O4/c1-17-9-4-2-8(3-5-9)10-6-7-11(14)13(16)12(10)15/h2-7,10-16H,1H3/t10-,11-,12+,13+/m0/s1. The molecule has 3 N–H and O–H groups in total. The van der Waals surface area contributed by atoms with Crippen molar-refractivity contribution < 1.29 is 20.1 Å². The molecule has 0 saturated heterocycles. The summed E-state index contributed by atoms with van der Waals surface area (Å²) in [6.45, 7) is 0. The van der Waals surface area contributed by atoms with Gasteiger partial charge in [0.05, 0.1) is 13.2 Å². The summed E-state index contributed by atoms with van der Waals surface area (Å²) in [6.07, 6.45) is 0.0749. The van der Waals surface area contributed by atoms with Crippen LogP contribution in [0.2, 0.25) is 0 Å². The van der Waals surface area contributed by atoms with Gasteiger partial charge in [-0.2, -0.15) is 0 Å². The third kappa shape index (κ3) is 2.34. The lowest BCUT2D eigenvalue weighted by Gasteiger charge is -2.31. The first-order chi connectivity index (χ1) is 8.13. The topological polar surface area (TPSA) is 69.9 Å². The van der Waals surface area contributed by atoms with Crippen LogP contribution in [0.15, 0.2) is 36.4 Å². The molecule has 0 unspecified atom stereocenters. The average molecular weight is 236 g/mol. The maximum atomic E-state index is 9.90. The molecule has 0 saturated carbocycles. The fourth-order valence-electron chi connectivity index (χ4n) is 2.01. The molecule has 17 heavy (non-hydrogen) atoms. The summed E-state index contributed by atoms with van der Waals surface area (Å²) in [4.78, 5) is 0. The molecule has 4 heteroatoms. The Hall–Kier alpha value is -1.36. The van der Waals surface area contributed by atoms with E-state index < -0.39 is 18.3 Å². The van der Waals surface area contributed by atoms with Gasteiger partial charge in [0.2, 0.25) is 0 Å². The van der Waals surface area contributed by atoms with Gasteiger partial charge < -0.3 is 20.1 Å². The third-order valence-corrected chi connectivity index (χ3v) is 3.08. The van der Waals surface area contributed by atoms with Crippen LogP contribution in [-0.4, -0.2) is 40.7 Å². The van der Waals surface area contributed by atoms with E-state index in [0.717, 1.165) is 11.3 Å². The Morgan fingerprint density at radius 3 is 2.18 bits per heavy atom. The summed E-state index contributed by atoms with van der Waals surface area (Å²) in [5.41, 5.74) is 0.875. The second-order valence-electron chi connectivity index (χ2n) is 4.16. The highest BCUT2D eigenvalue weighted by Gasteiger charge is 2.33. The number of hydrogen-bond donors (Lipinski definition) is 3. The van der Waals surface area contributed by atoms with Crippen LogP contribution < -0.4 is 4.74 Å². The van der Waals surface area contributed by atoms with Gasteiger partial charge in [0, 0.05) is 5.92 Å². The van der Waals surface area contributed by atoms with E-state index >= 15 is 0 Å². The van der Waals surface area contributed by atoms with Crippen LogP contribution in [0.3, 0.4) is 0 Å². The molecule has 4 atom stereocenters. The van der Waals surface area contributed by atoms with Crippen molar-refractivity contribution in [2.24, 2.45) is 0 Å². The molecule has 0 fully saturated rings. The highest BCUT2D eigenvalue weighted by atomic mass is 16.5. The van der Waals surface area contributed by atoms with Crippen LogP contribution in [-0.2, 0) is 0 Å². The van der Waals surface area contributed by atoms with Gasteiger partial charge in [-0.1, -0.05) is 24.3 Å². The van der Waals surface area contributed by atoms with Crippen molar-refractivity contribution in [3.05, 3.63) is 42.0 Å². The number of benzene rings is 1. The summed E-state index contributed by atoms with van der Waals surface area (Å²) in [7, 11) is 1.59. The molecule has 1 aromatic rings. The van der Waals surface area contributed by atoms with Gasteiger partial charge in [0.25, 0.3) is 0 Å². The Bertz CT molecular complexity index is 398. The second-order valence-corrected chi connectivity index (χ2v) is 4.16.